The Kier molecular flexibility index (Phi) is 4.87. The van der Waals surface area contributed by atoms with Crippen LogP contribution in [0.4, 0.5) is 5.69 Å². The summed E-state index contributed by atoms with van der Waals surface area (Å²) in [5.74, 6) is 1.13. The third kappa shape index (κ3) is 3.44. The lowest BCUT2D eigenvalue weighted by atomic mass is 10.2. The van der Waals surface area contributed by atoms with Gasteiger partial charge in [-0.1, -0.05) is 18.2 Å². The maximum Gasteiger partial charge on any atom is 0.263 e. The molecule has 1 atom stereocenters. The molecule has 0 aliphatic rings. The van der Waals surface area contributed by atoms with Crippen molar-refractivity contribution >= 4 is 27.9 Å². The average molecular weight is 341 g/mol. The van der Waals surface area contributed by atoms with E-state index >= 15 is 0 Å². The third-order valence-electron chi connectivity index (χ3n) is 3.72. The van der Waals surface area contributed by atoms with Gasteiger partial charge in [0.15, 0.2) is 0 Å². The van der Waals surface area contributed by atoms with E-state index in [1.807, 2.05) is 61.5 Å². The first-order valence-corrected chi connectivity index (χ1v) is 8.85. The highest BCUT2D eigenvalue weighted by Gasteiger charge is 2.18. The summed E-state index contributed by atoms with van der Waals surface area (Å²) in [6.07, 6.45) is 1.58. The zero-order valence-electron chi connectivity index (χ0n) is 13.9. The van der Waals surface area contributed by atoms with Crippen molar-refractivity contribution in [2.75, 3.05) is 26.1 Å². The fourth-order valence-electron chi connectivity index (χ4n) is 2.49. The molecule has 0 bridgehead atoms. The molecule has 1 heterocycles. The predicted octanol–water partition coefficient (Wildman–Crippen LogP) is 3.01. The number of aromatic nitrogens is 2. The highest BCUT2D eigenvalue weighted by molar-refractivity contribution is 7.90. The van der Waals surface area contributed by atoms with Gasteiger partial charge in [-0.15, -0.1) is 0 Å². The molecular weight excluding hydrogens is 322 g/mol. The Bertz CT molecular complexity index is 855. The average Bonchev–Trinajstić information content (AvgIpc) is 2.61. The van der Waals surface area contributed by atoms with Crippen molar-refractivity contribution in [3.05, 3.63) is 54.2 Å². The van der Waals surface area contributed by atoms with Crippen molar-refractivity contribution in [3.63, 3.8) is 0 Å². The van der Waals surface area contributed by atoms with Gasteiger partial charge in [-0.25, -0.2) is 4.98 Å². The summed E-state index contributed by atoms with van der Waals surface area (Å²) in [6.45, 7) is 0. The monoisotopic (exact) mass is 341 g/mol. The Labute approximate surface area is 144 Å². The number of rotatable bonds is 5. The molecule has 3 aromatic rings. The van der Waals surface area contributed by atoms with Gasteiger partial charge in [-0.05, 0) is 18.2 Å². The molecule has 124 valence electrons. The van der Waals surface area contributed by atoms with E-state index < -0.39 is 11.2 Å². The van der Waals surface area contributed by atoms with Crippen LogP contribution in [0.15, 0.2) is 53.7 Å². The van der Waals surface area contributed by atoms with Crippen LogP contribution in [0.3, 0.4) is 0 Å². The van der Waals surface area contributed by atoms with E-state index in [4.69, 9.17) is 4.74 Å². The van der Waals surface area contributed by atoms with Crippen molar-refractivity contribution < 1.29 is 9.29 Å². The van der Waals surface area contributed by atoms with Crippen LogP contribution in [-0.2, 0) is 16.9 Å². The van der Waals surface area contributed by atoms with Crippen molar-refractivity contribution in [2.45, 2.75) is 10.8 Å². The number of ether oxygens (including phenoxy) is 1. The van der Waals surface area contributed by atoms with Gasteiger partial charge in [-0.2, -0.15) is 4.98 Å². The topological polar surface area (TPSA) is 61.3 Å². The predicted molar refractivity (Wildman–Crippen MR) is 97.0 cm³/mol. The van der Waals surface area contributed by atoms with Crippen LogP contribution >= 0.6 is 0 Å². The number of hydrogen-bond donors (Lipinski definition) is 0. The molecule has 0 amide bonds. The molecule has 2 aromatic carbocycles. The molecule has 0 saturated heterocycles. The van der Waals surface area contributed by atoms with Crippen molar-refractivity contribution in [3.8, 4) is 5.75 Å². The second kappa shape index (κ2) is 7.07. The summed E-state index contributed by atoms with van der Waals surface area (Å²) in [6, 6.07) is 13.4. The molecule has 0 aliphatic heterocycles. The summed E-state index contributed by atoms with van der Waals surface area (Å²) in [5, 5.41) is 0.487. The molecule has 0 fully saturated rings. The number of benzene rings is 2. The molecule has 1 aromatic heterocycles. The molecule has 0 spiro atoms. The summed E-state index contributed by atoms with van der Waals surface area (Å²) in [4.78, 5) is 10.9. The van der Waals surface area contributed by atoms with Gasteiger partial charge in [-0.3, -0.25) is 0 Å². The minimum atomic E-state index is -1.26. The number of para-hydroxylation sites is 1. The second-order valence-corrected chi connectivity index (χ2v) is 6.97. The summed E-state index contributed by atoms with van der Waals surface area (Å²) < 4.78 is 17.9. The molecular formula is C18H19N3O2S. The number of hydrogen-bond acceptors (Lipinski definition) is 5. The maximum absolute atomic E-state index is 12.7. The van der Waals surface area contributed by atoms with Crippen LogP contribution in [0.25, 0.3) is 11.0 Å². The van der Waals surface area contributed by atoms with Gasteiger partial charge in [0.05, 0.1) is 18.1 Å². The SMILES string of the molecule is COc1ccc2nc([S+]([O-])Cc3ccccc3N(C)C)cnc2c1. The Morgan fingerprint density at radius 1 is 1.12 bits per heavy atom. The standard InChI is InChI=1S/C18H19N3O2S/c1-21(2)17-7-5-4-6-13(17)12-24(22)18-11-19-16-10-14(23-3)8-9-15(16)20-18/h4-11H,12H2,1-3H3. The van der Waals surface area contributed by atoms with Crippen molar-refractivity contribution in [2.24, 2.45) is 0 Å². The number of anilines is 1. The van der Waals surface area contributed by atoms with Gasteiger partial charge < -0.3 is 14.2 Å². The van der Waals surface area contributed by atoms with Crippen molar-refractivity contribution in [1.29, 1.82) is 0 Å². The molecule has 0 radical (unpaired) electrons. The molecule has 0 saturated carbocycles. The molecule has 3 rings (SSSR count). The first-order valence-electron chi connectivity index (χ1n) is 7.53. The van der Waals surface area contributed by atoms with Crippen LogP contribution in [0.2, 0.25) is 0 Å². The van der Waals surface area contributed by atoms with E-state index in [0.717, 1.165) is 22.5 Å². The minimum absolute atomic E-state index is 0.407. The lowest BCUT2D eigenvalue weighted by Crippen LogP contribution is -2.14. The summed E-state index contributed by atoms with van der Waals surface area (Å²) in [7, 11) is 5.57. The van der Waals surface area contributed by atoms with Gasteiger partial charge in [0.25, 0.3) is 5.03 Å². The molecule has 0 N–H and O–H groups in total. The quantitative estimate of drug-likeness (QED) is 0.668. The maximum atomic E-state index is 12.7. The number of methoxy groups -OCH3 is 1. The van der Waals surface area contributed by atoms with E-state index in [0.29, 0.717) is 16.3 Å². The first-order chi connectivity index (χ1) is 11.6. The van der Waals surface area contributed by atoms with Crippen LogP contribution in [0.1, 0.15) is 5.56 Å². The van der Waals surface area contributed by atoms with E-state index in [1.165, 1.54) is 0 Å². The zero-order chi connectivity index (χ0) is 17.1. The molecule has 5 nitrogen and oxygen atoms in total. The Morgan fingerprint density at radius 2 is 1.92 bits per heavy atom. The van der Waals surface area contributed by atoms with Crippen LogP contribution in [-0.4, -0.2) is 35.7 Å². The second-order valence-electron chi connectivity index (χ2n) is 5.58. The van der Waals surface area contributed by atoms with Crippen LogP contribution in [0, 0.1) is 0 Å². The van der Waals surface area contributed by atoms with E-state index in [-0.39, 0.29) is 0 Å². The number of fused-ring (bicyclic) bond motifs is 1. The van der Waals surface area contributed by atoms with E-state index in [1.54, 1.807) is 13.3 Å². The Balaban J connectivity index is 1.87. The molecule has 0 aliphatic carbocycles. The summed E-state index contributed by atoms with van der Waals surface area (Å²) >= 11 is -1.26. The Morgan fingerprint density at radius 3 is 2.67 bits per heavy atom. The van der Waals surface area contributed by atoms with Gasteiger partial charge in [0.2, 0.25) is 0 Å². The highest BCUT2D eigenvalue weighted by atomic mass is 32.2. The fraction of sp³-hybridized carbons (Fsp3) is 0.222. The Hall–Kier alpha value is -2.31. The van der Waals surface area contributed by atoms with Gasteiger partial charge in [0, 0.05) is 42.6 Å². The molecule has 1 unspecified atom stereocenters. The fourth-order valence-corrected chi connectivity index (χ4v) is 3.54. The first kappa shape index (κ1) is 16.5. The number of nitrogens with zero attached hydrogens (tertiary/aromatic N) is 3. The van der Waals surface area contributed by atoms with E-state index in [2.05, 4.69) is 9.97 Å². The summed E-state index contributed by atoms with van der Waals surface area (Å²) in [5.41, 5.74) is 3.52. The van der Waals surface area contributed by atoms with E-state index in [9.17, 15) is 4.55 Å². The zero-order valence-corrected chi connectivity index (χ0v) is 14.7. The lowest BCUT2D eigenvalue weighted by molar-refractivity contribution is 0.415. The third-order valence-corrected chi connectivity index (χ3v) is 4.96. The van der Waals surface area contributed by atoms with Gasteiger partial charge in [0.1, 0.15) is 17.7 Å². The smallest absolute Gasteiger partial charge is 0.263 e. The molecule has 6 heteroatoms. The minimum Gasteiger partial charge on any atom is -0.610 e. The van der Waals surface area contributed by atoms with Crippen molar-refractivity contribution in [1.82, 2.24) is 9.97 Å². The van der Waals surface area contributed by atoms with Gasteiger partial charge >= 0.3 is 0 Å². The largest absolute Gasteiger partial charge is 0.610 e. The lowest BCUT2D eigenvalue weighted by Gasteiger charge is -2.18. The highest BCUT2D eigenvalue weighted by Crippen LogP contribution is 2.24. The molecule has 24 heavy (non-hydrogen) atoms. The van der Waals surface area contributed by atoms with Crippen LogP contribution < -0.4 is 9.64 Å². The van der Waals surface area contributed by atoms with Crippen LogP contribution in [0.5, 0.6) is 5.75 Å². The normalized spacial score (nSPS) is 12.2.